The Bertz CT molecular complexity index is 399. The van der Waals surface area contributed by atoms with Crippen LogP contribution in [0.15, 0.2) is 35.2 Å². The summed E-state index contributed by atoms with van der Waals surface area (Å²) >= 11 is 4.00. The summed E-state index contributed by atoms with van der Waals surface area (Å²) in [6.45, 7) is 4.52. The molecule has 1 amide bonds. The third-order valence-corrected chi connectivity index (χ3v) is 2.84. The maximum absolute atomic E-state index is 11.5. The molecule has 0 radical (unpaired) electrons. The van der Waals surface area contributed by atoms with Crippen molar-refractivity contribution in [2.75, 3.05) is 0 Å². The highest BCUT2D eigenvalue weighted by molar-refractivity contribution is 7.83. The predicted molar refractivity (Wildman–Crippen MR) is 70.4 cm³/mol. The Balaban J connectivity index is 2.46. The summed E-state index contributed by atoms with van der Waals surface area (Å²) in [5.74, 6) is 0.0334. The summed E-state index contributed by atoms with van der Waals surface area (Å²) in [5, 5.41) is 4.55. The second-order valence-corrected chi connectivity index (χ2v) is 4.11. The number of hydrogen-bond donors (Lipinski definition) is 2. The molecule has 0 bridgehead atoms. The van der Waals surface area contributed by atoms with Crippen LogP contribution in [0, 0.1) is 6.92 Å². The zero-order chi connectivity index (χ0) is 12.0. The molecule has 0 saturated heterocycles. The zero-order valence-corrected chi connectivity index (χ0v) is 10.6. The third kappa shape index (κ3) is 4.11. The van der Waals surface area contributed by atoms with Crippen molar-refractivity contribution in [1.82, 2.24) is 5.32 Å². The minimum absolute atomic E-state index is 0.0334. The van der Waals surface area contributed by atoms with Gasteiger partial charge >= 0.3 is 0 Å². The molecule has 0 saturated carbocycles. The van der Waals surface area contributed by atoms with Gasteiger partial charge < -0.3 is 5.32 Å². The third-order valence-electron chi connectivity index (χ3n) is 2.40. The first-order chi connectivity index (χ1) is 7.63. The SMILES string of the molecule is C/C(=C\S)CC(=O)NCc1ccccc1C. The van der Waals surface area contributed by atoms with Crippen molar-refractivity contribution in [1.29, 1.82) is 0 Å². The van der Waals surface area contributed by atoms with E-state index in [1.807, 2.05) is 38.1 Å². The molecule has 0 atom stereocenters. The normalized spacial score (nSPS) is 11.3. The van der Waals surface area contributed by atoms with E-state index in [-0.39, 0.29) is 5.91 Å². The van der Waals surface area contributed by atoms with Crippen LogP contribution < -0.4 is 5.32 Å². The number of aryl methyl sites for hydroxylation is 1. The monoisotopic (exact) mass is 235 g/mol. The maximum atomic E-state index is 11.5. The van der Waals surface area contributed by atoms with Gasteiger partial charge in [-0.25, -0.2) is 0 Å². The van der Waals surface area contributed by atoms with Crippen molar-refractivity contribution in [3.63, 3.8) is 0 Å². The van der Waals surface area contributed by atoms with Gasteiger partial charge in [0, 0.05) is 13.0 Å². The molecule has 3 heteroatoms. The highest BCUT2D eigenvalue weighted by Gasteiger charge is 2.03. The van der Waals surface area contributed by atoms with Crippen LogP contribution in [0.25, 0.3) is 0 Å². The lowest BCUT2D eigenvalue weighted by atomic mass is 10.1. The number of carbonyl (C=O) groups excluding carboxylic acids is 1. The lowest BCUT2D eigenvalue weighted by molar-refractivity contribution is -0.120. The first kappa shape index (κ1) is 12.8. The highest BCUT2D eigenvalue weighted by atomic mass is 32.1. The second kappa shape index (κ2) is 6.38. The van der Waals surface area contributed by atoms with Crippen LogP contribution in [-0.2, 0) is 11.3 Å². The standard InChI is InChI=1S/C13H17NOS/c1-10(9-16)7-13(15)14-8-12-6-4-3-5-11(12)2/h3-6,9,16H,7-8H2,1-2H3,(H,14,15)/b10-9+. The van der Waals surface area contributed by atoms with E-state index in [0.717, 1.165) is 11.1 Å². The van der Waals surface area contributed by atoms with E-state index in [1.165, 1.54) is 5.56 Å². The minimum Gasteiger partial charge on any atom is -0.352 e. The maximum Gasteiger partial charge on any atom is 0.224 e. The summed E-state index contributed by atoms with van der Waals surface area (Å²) in [4.78, 5) is 11.5. The molecule has 0 aromatic heterocycles. The number of amides is 1. The Morgan fingerprint density at radius 1 is 1.44 bits per heavy atom. The molecule has 0 aliphatic rings. The van der Waals surface area contributed by atoms with Crippen LogP contribution >= 0.6 is 12.6 Å². The molecule has 2 nitrogen and oxygen atoms in total. The lowest BCUT2D eigenvalue weighted by Crippen LogP contribution is -2.22. The van der Waals surface area contributed by atoms with Crippen LogP contribution in [-0.4, -0.2) is 5.91 Å². The summed E-state index contributed by atoms with van der Waals surface area (Å²) in [6.07, 6.45) is 0.412. The van der Waals surface area contributed by atoms with Gasteiger partial charge in [0.1, 0.15) is 0 Å². The molecule has 0 fully saturated rings. The Hall–Kier alpha value is -1.22. The summed E-state index contributed by atoms with van der Waals surface area (Å²) < 4.78 is 0. The van der Waals surface area contributed by atoms with E-state index in [2.05, 4.69) is 17.9 Å². The lowest BCUT2D eigenvalue weighted by Gasteiger charge is -2.07. The van der Waals surface area contributed by atoms with Gasteiger partial charge in [-0.1, -0.05) is 29.8 Å². The Labute approximate surface area is 102 Å². The van der Waals surface area contributed by atoms with Crippen molar-refractivity contribution < 1.29 is 4.79 Å². The van der Waals surface area contributed by atoms with Crippen LogP contribution in [0.4, 0.5) is 0 Å². The van der Waals surface area contributed by atoms with Crippen molar-refractivity contribution in [2.45, 2.75) is 26.8 Å². The van der Waals surface area contributed by atoms with Gasteiger partial charge in [-0.05, 0) is 30.4 Å². The van der Waals surface area contributed by atoms with Crippen molar-refractivity contribution in [2.24, 2.45) is 0 Å². The summed E-state index contributed by atoms with van der Waals surface area (Å²) in [5.41, 5.74) is 3.32. The molecule has 1 N–H and O–H groups in total. The van der Waals surface area contributed by atoms with Gasteiger partial charge in [-0.3, -0.25) is 4.79 Å². The summed E-state index contributed by atoms with van der Waals surface area (Å²) in [6, 6.07) is 8.04. The number of carbonyl (C=O) groups is 1. The predicted octanol–water partition coefficient (Wildman–Crippen LogP) is 2.83. The fourth-order valence-electron chi connectivity index (χ4n) is 1.36. The molecule has 0 spiro atoms. The largest absolute Gasteiger partial charge is 0.352 e. The average molecular weight is 235 g/mol. The van der Waals surface area contributed by atoms with Gasteiger partial charge in [-0.15, -0.1) is 0 Å². The van der Waals surface area contributed by atoms with Gasteiger partial charge in [0.2, 0.25) is 5.91 Å². The van der Waals surface area contributed by atoms with Crippen LogP contribution in [0.5, 0.6) is 0 Å². The Morgan fingerprint density at radius 2 is 2.12 bits per heavy atom. The molecule has 0 aliphatic heterocycles. The number of benzene rings is 1. The van der Waals surface area contributed by atoms with E-state index in [0.29, 0.717) is 13.0 Å². The van der Waals surface area contributed by atoms with E-state index in [4.69, 9.17) is 0 Å². The van der Waals surface area contributed by atoms with E-state index < -0.39 is 0 Å². The average Bonchev–Trinajstić information content (AvgIpc) is 2.28. The van der Waals surface area contributed by atoms with Gasteiger partial charge in [0.25, 0.3) is 0 Å². The minimum atomic E-state index is 0.0334. The van der Waals surface area contributed by atoms with E-state index in [9.17, 15) is 4.79 Å². The second-order valence-electron chi connectivity index (χ2n) is 3.86. The molecular weight excluding hydrogens is 218 g/mol. The quantitative estimate of drug-likeness (QED) is 0.772. The molecule has 86 valence electrons. The number of nitrogens with one attached hydrogen (secondary N) is 1. The topological polar surface area (TPSA) is 29.1 Å². The fraction of sp³-hybridized carbons (Fsp3) is 0.308. The molecule has 0 heterocycles. The smallest absolute Gasteiger partial charge is 0.224 e. The molecule has 1 aromatic rings. The van der Waals surface area contributed by atoms with Crippen molar-refractivity contribution >= 4 is 18.5 Å². The van der Waals surface area contributed by atoms with Crippen LogP contribution in [0.1, 0.15) is 24.5 Å². The van der Waals surface area contributed by atoms with Crippen LogP contribution in [0.3, 0.4) is 0 Å². The zero-order valence-electron chi connectivity index (χ0n) is 9.66. The summed E-state index contributed by atoms with van der Waals surface area (Å²) in [7, 11) is 0. The van der Waals surface area contributed by atoms with E-state index in [1.54, 1.807) is 5.41 Å². The Morgan fingerprint density at radius 3 is 2.75 bits per heavy atom. The first-order valence-electron chi connectivity index (χ1n) is 5.24. The van der Waals surface area contributed by atoms with Crippen molar-refractivity contribution in [3.05, 3.63) is 46.4 Å². The fourth-order valence-corrected chi connectivity index (χ4v) is 1.45. The number of rotatable bonds is 4. The first-order valence-corrected chi connectivity index (χ1v) is 5.76. The van der Waals surface area contributed by atoms with Crippen molar-refractivity contribution in [3.8, 4) is 0 Å². The number of hydrogen-bond acceptors (Lipinski definition) is 2. The molecular formula is C13H17NOS. The molecule has 0 unspecified atom stereocenters. The number of thiol groups is 1. The Kier molecular flexibility index (Phi) is 5.12. The van der Waals surface area contributed by atoms with E-state index >= 15 is 0 Å². The van der Waals surface area contributed by atoms with Gasteiger partial charge in [0.15, 0.2) is 0 Å². The van der Waals surface area contributed by atoms with Crippen LogP contribution in [0.2, 0.25) is 0 Å². The van der Waals surface area contributed by atoms with Gasteiger partial charge in [-0.2, -0.15) is 12.6 Å². The highest BCUT2D eigenvalue weighted by Crippen LogP contribution is 2.07. The van der Waals surface area contributed by atoms with Gasteiger partial charge in [0.05, 0.1) is 0 Å². The molecule has 1 rings (SSSR count). The molecule has 1 aromatic carbocycles. The molecule has 0 aliphatic carbocycles. The molecule has 16 heavy (non-hydrogen) atoms.